The van der Waals surface area contributed by atoms with Crippen LogP contribution in [0, 0.1) is 11.3 Å². The molecule has 5 heteroatoms. The molecule has 1 rings (SSSR count). The van der Waals surface area contributed by atoms with Gasteiger partial charge in [0.15, 0.2) is 0 Å². The fourth-order valence-corrected chi connectivity index (χ4v) is 0.978. The van der Waals surface area contributed by atoms with Gasteiger partial charge in [-0.2, -0.15) is 10.4 Å². The van der Waals surface area contributed by atoms with Crippen molar-refractivity contribution in [2.24, 2.45) is 10.8 Å². The van der Waals surface area contributed by atoms with Crippen molar-refractivity contribution >= 4 is 17.3 Å². The summed E-state index contributed by atoms with van der Waals surface area (Å²) in [5.41, 5.74) is 5.41. The predicted octanol–water partition coefficient (Wildman–Crippen LogP) is 0.488. The number of hydrazone groups is 1. The average molecular weight is 202 g/mol. The Balaban J connectivity index is 2.93. The molecule has 1 aromatic rings. The third kappa shape index (κ3) is 2.81. The summed E-state index contributed by atoms with van der Waals surface area (Å²) in [5, 5.41) is 13.8. The zero-order valence-corrected chi connectivity index (χ0v) is 8.21. The lowest BCUT2D eigenvalue weighted by atomic mass is 10.3. The highest BCUT2D eigenvalue weighted by Crippen LogP contribution is 2.10. The van der Waals surface area contributed by atoms with E-state index in [1.165, 1.54) is 5.01 Å². The van der Waals surface area contributed by atoms with Crippen LogP contribution in [-0.2, 0) is 4.79 Å². The zero-order chi connectivity index (χ0) is 11.3. The molecule has 0 atom stereocenters. The number of hydrogen-bond acceptors (Lipinski definition) is 4. The standard InChI is InChI=1S/C10H10N4O/c1-14(8-5-3-2-4-6-8)13-9(7-11)10(12)15/h2-6H,1H3,(H2,12,15)/b13-9-. The van der Waals surface area contributed by atoms with E-state index < -0.39 is 5.91 Å². The Morgan fingerprint density at radius 3 is 2.53 bits per heavy atom. The average Bonchev–Trinajstić information content (AvgIpc) is 2.26. The largest absolute Gasteiger partial charge is 0.364 e. The van der Waals surface area contributed by atoms with Crippen molar-refractivity contribution in [3.05, 3.63) is 30.3 Å². The number of anilines is 1. The molecule has 1 aromatic carbocycles. The molecule has 0 bridgehead atoms. The lowest BCUT2D eigenvalue weighted by molar-refractivity contribution is -0.111. The van der Waals surface area contributed by atoms with Crippen molar-refractivity contribution in [3.8, 4) is 6.07 Å². The van der Waals surface area contributed by atoms with Gasteiger partial charge in [-0.25, -0.2) is 0 Å². The third-order valence-corrected chi connectivity index (χ3v) is 1.72. The van der Waals surface area contributed by atoms with E-state index in [-0.39, 0.29) is 5.71 Å². The molecular formula is C10H10N4O. The first-order chi connectivity index (χ1) is 7.15. The summed E-state index contributed by atoms with van der Waals surface area (Å²) in [5.74, 6) is -0.833. The lowest BCUT2D eigenvalue weighted by Gasteiger charge is -2.12. The quantitative estimate of drug-likeness (QED) is 0.572. The van der Waals surface area contributed by atoms with Crippen molar-refractivity contribution in [1.29, 1.82) is 5.26 Å². The lowest BCUT2D eigenvalue weighted by Crippen LogP contribution is -2.25. The monoisotopic (exact) mass is 202 g/mol. The van der Waals surface area contributed by atoms with Gasteiger partial charge in [0.05, 0.1) is 5.69 Å². The molecule has 0 heterocycles. The van der Waals surface area contributed by atoms with Gasteiger partial charge in [-0.1, -0.05) is 18.2 Å². The summed E-state index contributed by atoms with van der Waals surface area (Å²) in [6.07, 6.45) is 0. The molecule has 0 unspecified atom stereocenters. The zero-order valence-electron chi connectivity index (χ0n) is 8.21. The molecule has 0 aliphatic carbocycles. The molecule has 5 nitrogen and oxygen atoms in total. The number of benzene rings is 1. The second-order valence-electron chi connectivity index (χ2n) is 2.78. The number of nitrogens with zero attached hydrogens (tertiary/aromatic N) is 3. The van der Waals surface area contributed by atoms with Gasteiger partial charge in [-0.15, -0.1) is 0 Å². The molecule has 2 N–H and O–H groups in total. The van der Waals surface area contributed by atoms with Crippen LogP contribution in [0.4, 0.5) is 5.69 Å². The number of rotatable bonds is 3. The van der Waals surface area contributed by atoms with Crippen LogP contribution in [0.2, 0.25) is 0 Å². The van der Waals surface area contributed by atoms with Crippen LogP contribution in [0.5, 0.6) is 0 Å². The second-order valence-corrected chi connectivity index (χ2v) is 2.78. The number of para-hydroxylation sites is 1. The second kappa shape index (κ2) is 4.77. The number of primary amides is 1. The van der Waals surface area contributed by atoms with Gasteiger partial charge in [0.25, 0.3) is 5.91 Å². The summed E-state index contributed by atoms with van der Waals surface area (Å²) in [6, 6.07) is 10.8. The van der Waals surface area contributed by atoms with E-state index in [0.29, 0.717) is 0 Å². The highest BCUT2D eigenvalue weighted by molar-refractivity contribution is 6.44. The van der Waals surface area contributed by atoms with Gasteiger partial charge in [0, 0.05) is 7.05 Å². The van der Waals surface area contributed by atoms with Crippen LogP contribution in [0.3, 0.4) is 0 Å². The topological polar surface area (TPSA) is 82.5 Å². The third-order valence-electron chi connectivity index (χ3n) is 1.72. The number of carbonyl (C=O) groups excluding carboxylic acids is 1. The molecule has 0 radical (unpaired) electrons. The highest BCUT2D eigenvalue weighted by atomic mass is 16.1. The molecule has 0 fully saturated rings. The van der Waals surface area contributed by atoms with Crippen LogP contribution in [0.1, 0.15) is 0 Å². The van der Waals surface area contributed by atoms with E-state index in [2.05, 4.69) is 5.10 Å². The summed E-state index contributed by atoms with van der Waals surface area (Å²) in [4.78, 5) is 10.7. The van der Waals surface area contributed by atoms with Crippen molar-refractivity contribution in [2.45, 2.75) is 0 Å². The Morgan fingerprint density at radius 2 is 2.07 bits per heavy atom. The molecule has 1 amide bonds. The van der Waals surface area contributed by atoms with Gasteiger partial charge in [-0.3, -0.25) is 9.80 Å². The van der Waals surface area contributed by atoms with Crippen LogP contribution in [0.25, 0.3) is 0 Å². The molecule has 0 saturated heterocycles. The summed E-state index contributed by atoms with van der Waals surface area (Å²) in [7, 11) is 1.63. The normalized spacial score (nSPS) is 10.5. The Bertz CT molecular complexity index is 419. The molecule has 0 spiro atoms. The van der Waals surface area contributed by atoms with E-state index in [1.54, 1.807) is 25.2 Å². The summed E-state index contributed by atoms with van der Waals surface area (Å²) >= 11 is 0. The molecule has 0 aliphatic heterocycles. The number of amides is 1. The van der Waals surface area contributed by atoms with E-state index in [1.807, 2.05) is 18.2 Å². The summed E-state index contributed by atoms with van der Waals surface area (Å²) in [6.45, 7) is 0. The Labute approximate surface area is 87.4 Å². The van der Waals surface area contributed by atoms with Crippen LogP contribution in [-0.4, -0.2) is 18.7 Å². The fourth-order valence-electron chi connectivity index (χ4n) is 0.978. The number of hydrogen-bond donors (Lipinski definition) is 1. The molecule has 0 saturated carbocycles. The van der Waals surface area contributed by atoms with Gasteiger partial charge < -0.3 is 5.73 Å². The minimum absolute atomic E-state index is 0.318. The van der Waals surface area contributed by atoms with Crippen LogP contribution < -0.4 is 10.7 Å². The minimum atomic E-state index is -0.833. The van der Waals surface area contributed by atoms with E-state index in [9.17, 15) is 4.79 Å². The SMILES string of the molecule is CN(/N=C(/C#N)C(N)=O)c1ccccc1. The summed E-state index contributed by atoms with van der Waals surface area (Å²) < 4.78 is 0. The first-order valence-corrected chi connectivity index (χ1v) is 4.22. The molecular weight excluding hydrogens is 192 g/mol. The van der Waals surface area contributed by atoms with Crippen molar-refractivity contribution < 1.29 is 4.79 Å². The number of nitriles is 1. The minimum Gasteiger partial charge on any atom is -0.364 e. The number of carbonyl (C=O) groups is 1. The first-order valence-electron chi connectivity index (χ1n) is 4.22. The van der Waals surface area contributed by atoms with Gasteiger partial charge in [-0.05, 0) is 12.1 Å². The predicted molar refractivity (Wildman–Crippen MR) is 57.1 cm³/mol. The number of nitrogens with two attached hydrogens (primary N) is 1. The van der Waals surface area contributed by atoms with Crippen molar-refractivity contribution in [2.75, 3.05) is 12.1 Å². The maximum atomic E-state index is 10.7. The van der Waals surface area contributed by atoms with Crippen molar-refractivity contribution in [3.63, 3.8) is 0 Å². The van der Waals surface area contributed by atoms with Gasteiger partial charge >= 0.3 is 0 Å². The smallest absolute Gasteiger partial charge is 0.280 e. The maximum absolute atomic E-state index is 10.7. The fraction of sp³-hybridized carbons (Fsp3) is 0.100. The molecule has 76 valence electrons. The van der Waals surface area contributed by atoms with Crippen molar-refractivity contribution in [1.82, 2.24) is 0 Å². The van der Waals surface area contributed by atoms with Crippen LogP contribution in [0.15, 0.2) is 35.4 Å². The van der Waals surface area contributed by atoms with Crippen LogP contribution >= 0.6 is 0 Å². The van der Waals surface area contributed by atoms with Gasteiger partial charge in [0.2, 0.25) is 5.71 Å². The Morgan fingerprint density at radius 1 is 1.47 bits per heavy atom. The molecule has 15 heavy (non-hydrogen) atoms. The van der Waals surface area contributed by atoms with E-state index in [4.69, 9.17) is 11.0 Å². The molecule has 0 aliphatic rings. The van der Waals surface area contributed by atoms with E-state index in [0.717, 1.165) is 5.69 Å². The Kier molecular flexibility index (Phi) is 3.41. The Hall–Kier alpha value is -2.35. The molecule has 0 aromatic heterocycles. The highest BCUT2D eigenvalue weighted by Gasteiger charge is 2.07. The van der Waals surface area contributed by atoms with E-state index >= 15 is 0 Å². The first kappa shape index (κ1) is 10.7. The van der Waals surface area contributed by atoms with Gasteiger partial charge in [0.1, 0.15) is 6.07 Å². The maximum Gasteiger partial charge on any atom is 0.280 e.